The molecule has 24 aromatic rings. The molecule has 0 N–H and O–H groups in total. The van der Waals surface area contributed by atoms with Gasteiger partial charge in [0.25, 0.3) is 0 Å². The molecular weight excluding hydrogens is 1560 g/mol. The minimum absolute atomic E-state index is 0.552. The van der Waals surface area contributed by atoms with Crippen LogP contribution < -0.4 is 0 Å². The Hall–Kier alpha value is -16.4. The lowest BCUT2D eigenvalue weighted by molar-refractivity contribution is 0.954. The van der Waals surface area contributed by atoms with Crippen LogP contribution in [-0.2, 0) is 0 Å². The molecule has 0 saturated heterocycles. The molecule has 24 rings (SSSR count). The third kappa shape index (κ3) is 13.1. The maximum atomic E-state index is 5.38. The Morgan fingerprint density at radius 1 is 0.161 bits per heavy atom. The van der Waals surface area contributed by atoms with E-state index < -0.39 is 0 Å². The molecule has 0 bridgehead atoms. The van der Waals surface area contributed by atoms with Crippen LogP contribution in [0.5, 0.6) is 0 Å². The molecule has 16 heteroatoms. The first-order valence-electron chi connectivity index (χ1n) is 40.9. The van der Waals surface area contributed by atoms with E-state index in [-0.39, 0.29) is 0 Å². The molecule has 0 atom stereocenters. The molecule has 0 amide bonds. The van der Waals surface area contributed by atoms with Gasteiger partial charge in [0, 0.05) is 118 Å². The van der Waals surface area contributed by atoms with Gasteiger partial charge in [-0.2, -0.15) is 19.9 Å². The summed E-state index contributed by atoms with van der Waals surface area (Å²) in [5, 5.41) is 8.86. The van der Waals surface area contributed by atoms with Crippen molar-refractivity contribution in [2.75, 3.05) is 0 Å². The Bertz CT molecular complexity index is 7770. The first kappa shape index (κ1) is 72.8. The van der Waals surface area contributed by atoms with Crippen molar-refractivity contribution in [1.82, 2.24) is 68.9 Å². The molecule has 0 aliphatic carbocycles. The highest BCUT2D eigenvalue weighted by Crippen LogP contribution is 2.48. The number of rotatable bonds is 14. The third-order valence-electron chi connectivity index (χ3n) is 22.7. The molecular formula is C108H66N14S2. The van der Waals surface area contributed by atoms with Crippen LogP contribution in [0.3, 0.4) is 0 Å². The lowest BCUT2D eigenvalue weighted by Gasteiger charge is -2.12. The first-order valence-corrected chi connectivity index (χ1v) is 42.6. The molecule has 0 aliphatic rings. The number of benzene rings is 16. The van der Waals surface area contributed by atoms with E-state index in [1.165, 1.54) is 0 Å². The van der Waals surface area contributed by atoms with Gasteiger partial charge in [-0.15, -0.1) is 22.7 Å². The van der Waals surface area contributed by atoms with Crippen LogP contribution in [0.2, 0.25) is 0 Å². The smallest absolute Gasteiger partial charge is 0.238 e. The van der Waals surface area contributed by atoms with E-state index in [1.54, 1.807) is 22.7 Å². The van der Waals surface area contributed by atoms with Gasteiger partial charge in [-0.1, -0.05) is 352 Å². The quantitative estimate of drug-likeness (QED) is 0.101. The molecule has 0 fully saturated rings. The zero-order chi connectivity index (χ0) is 82.0. The van der Waals surface area contributed by atoms with E-state index in [0.717, 1.165) is 162 Å². The van der Waals surface area contributed by atoms with Gasteiger partial charge in [0.05, 0.1) is 22.1 Å². The number of fused-ring (bicyclic) bond motifs is 12. The predicted molar refractivity (Wildman–Crippen MR) is 506 cm³/mol. The zero-order valence-corrected chi connectivity index (χ0v) is 67.8. The Kier molecular flexibility index (Phi) is 18.2. The summed E-state index contributed by atoms with van der Waals surface area (Å²) < 4.78 is 8.74. The number of hydrogen-bond acceptors (Lipinski definition) is 14. The van der Waals surface area contributed by atoms with Crippen LogP contribution in [0.4, 0.5) is 0 Å². The fourth-order valence-corrected chi connectivity index (χ4v) is 19.4. The molecule has 14 nitrogen and oxygen atoms in total. The molecule has 124 heavy (non-hydrogen) atoms. The van der Waals surface area contributed by atoms with E-state index >= 15 is 0 Å². The van der Waals surface area contributed by atoms with Crippen LogP contribution in [0.15, 0.2) is 400 Å². The Balaban J connectivity index is 0.000000143. The minimum Gasteiger partial charge on any atom is -0.278 e. The van der Waals surface area contributed by atoms with Crippen LogP contribution in [0, 0.1) is 0 Å². The molecule has 0 spiro atoms. The van der Waals surface area contributed by atoms with Gasteiger partial charge >= 0.3 is 0 Å². The molecule has 8 heterocycles. The van der Waals surface area contributed by atoms with Crippen LogP contribution in [0.25, 0.3) is 232 Å². The van der Waals surface area contributed by atoms with Gasteiger partial charge in [-0.25, -0.2) is 39.9 Å². The maximum Gasteiger partial charge on any atom is 0.238 e. The highest BCUT2D eigenvalue weighted by atomic mass is 32.1. The topological polar surface area (TPSA) is 165 Å². The Labute approximate surface area is 719 Å². The predicted octanol–water partition coefficient (Wildman–Crippen LogP) is 27.0. The Morgan fingerprint density at radius 3 is 0.871 bits per heavy atom. The third-order valence-corrected chi connectivity index (χ3v) is 25.1. The SMILES string of the molecule is c1ccc(-c2ccc3c4ccccc4n(-c4nc(-c5ccccc5)nc(-c5cccc6c5sc5cccc(-c7nc(-c8ccccc8)nc(-c8ccccc8)n7)c56)n4)c3c2)cc1.c1ccc(-c2nc(-c3ccccc3)nc(-c3cccc4sc5c(-c6nc(-c7ccccc7)nc(-n7c8ccccc8c8c(-c9ccccc9)cccc87)n6)cccc5c34)n2)cc1. The fraction of sp³-hybridized carbons (Fsp3) is 0. The monoisotopic (exact) mass is 1620 g/mol. The second-order valence-corrected chi connectivity index (χ2v) is 32.3. The van der Waals surface area contributed by atoms with Crippen molar-refractivity contribution in [3.63, 3.8) is 0 Å². The summed E-state index contributed by atoms with van der Waals surface area (Å²) in [6.45, 7) is 0. The normalized spacial score (nSPS) is 11.5. The first-order chi connectivity index (χ1) is 61.5. The number of nitrogens with zero attached hydrogens (tertiary/aromatic N) is 14. The highest BCUT2D eigenvalue weighted by molar-refractivity contribution is 7.27. The largest absolute Gasteiger partial charge is 0.278 e. The minimum atomic E-state index is 0.552. The van der Waals surface area contributed by atoms with Crippen molar-refractivity contribution in [3.8, 4) is 148 Å². The van der Waals surface area contributed by atoms with Gasteiger partial charge in [0.1, 0.15) is 0 Å². The van der Waals surface area contributed by atoms with Gasteiger partial charge < -0.3 is 0 Å². The van der Waals surface area contributed by atoms with Crippen molar-refractivity contribution >= 4 is 107 Å². The molecule has 0 saturated carbocycles. The van der Waals surface area contributed by atoms with E-state index in [4.69, 9.17) is 59.8 Å². The molecule has 0 aliphatic heterocycles. The standard InChI is InChI=1S/2C54H33N7S/c1-5-18-34(19-6-1)38-27-16-32-44-46(38)39-26-13-14-31-43(39)61(44)54-59-51(37-24-11-4-12-25-37)58-53(60-54)42-30-15-28-40-47-41(29-17-33-45(47)62-48(40)42)52-56-49(35-20-7-2-8-21-35)55-50(57-52)36-22-9-3-10-23-36;1-5-17-34(18-6-1)38-31-32-40-39-25-13-14-29-44(39)61(45(40)33-38)54-59-51(37-23-11-4-12-24-37)58-53(60-54)43-28-15-26-41-47-42(27-16-30-46(47)62-48(41)43)52-56-49(35-19-7-2-8-20-35)55-50(57-52)36-21-9-3-10-22-36/h2*1-33H. The fourth-order valence-electron chi connectivity index (χ4n) is 17.0. The van der Waals surface area contributed by atoms with Crippen molar-refractivity contribution in [1.29, 1.82) is 0 Å². The van der Waals surface area contributed by atoms with Crippen LogP contribution in [-0.4, -0.2) is 68.9 Å². The average Bonchev–Trinajstić information content (AvgIpc) is 1.58. The van der Waals surface area contributed by atoms with Crippen molar-refractivity contribution in [3.05, 3.63) is 400 Å². The number of para-hydroxylation sites is 2. The highest BCUT2D eigenvalue weighted by Gasteiger charge is 2.27. The van der Waals surface area contributed by atoms with Crippen molar-refractivity contribution < 1.29 is 0 Å². The molecule has 0 radical (unpaired) electrons. The number of hydrogen-bond donors (Lipinski definition) is 0. The van der Waals surface area contributed by atoms with Crippen LogP contribution in [0.1, 0.15) is 0 Å². The van der Waals surface area contributed by atoms with E-state index in [1.807, 2.05) is 164 Å². The number of aromatic nitrogens is 14. The van der Waals surface area contributed by atoms with Crippen molar-refractivity contribution in [2.45, 2.75) is 0 Å². The summed E-state index contributed by atoms with van der Waals surface area (Å²) in [6.07, 6.45) is 0. The second-order valence-electron chi connectivity index (χ2n) is 30.2. The summed E-state index contributed by atoms with van der Waals surface area (Å²) >= 11 is 3.45. The van der Waals surface area contributed by atoms with E-state index in [2.05, 4.69) is 246 Å². The Morgan fingerprint density at radius 2 is 0.444 bits per heavy atom. The van der Waals surface area contributed by atoms with Crippen LogP contribution >= 0.6 is 22.7 Å². The lowest BCUT2D eigenvalue weighted by atomic mass is 9.99. The molecule has 8 aromatic heterocycles. The summed E-state index contributed by atoms with van der Waals surface area (Å²) in [4.78, 5) is 62.1. The van der Waals surface area contributed by atoms with E-state index in [9.17, 15) is 0 Å². The summed E-state index contributed by atoms with van der Waals surface area (Å²) in [5.41, 5.74) is 17.9. The second kappa shape index (κ2) is 31.1. The van der Waals surface area contributed by atoms with Gasteiger partial charge in [0.15, 0.2) is 58.2 Å². The lowest BCUT2D eigenvalue weighted by Crippen LogP contribution is -2.06. The summed E-state index contributed by atoms with van der Waals surface area (Å²) in [6, 6.07) is 137. The van der Waals surface area contributed by atoms with Crippen molar-refractivity contribution in [2.24, 2.45) is 0 Å². The summed E-state index contributed by atoms with van der Waals surface area (Å²) in [7, 11) is 0. The zero-order valence-electron chi connectivity index (χ0n) is 66.2. The van der Waals surface area contributed by atoms with Gasteiger partial charge in [0.2, 0.25) is 11.9 Å². The summed E-state index contributed by atoms with van der Waals surface area (Å²) in [5.74, 6) is 7.21. The molecule has 16 aromatic carbocycles. The van der Waals surface area contributed by atoms with Gasteiger partial charge in [-0.3, -0.25) is 9.13 Å². The van der Waals surface area contributed by atoms with E-state index in [0.29, 0.717) is 70.1 Å². The number of thiophene rings is 2. The molecule has 580 valence electrons. The van der Waals surface area contributed by atoms with Gasteiger partial charge in [-0.05, 0) is 70.8 Å². The maximum absolute atomic E-state index is 5.38. The molecule has 0 unspecified atom stereocenters. The average molecular weight is 1620 g/mol.